The number of furan rings is 1. The van der Waals surface area contributed by atoms with Gasteiger partial charge in [0.2, 0.25) is 6.79 Å². The lowest BCUT2D eigenvalue weighted by atomic mass is 9.74. The van der Waals surface area contributed by atoms with Gasteiger partial charge in [0.25, 0.3) is 0 Å². The number of guanidine groups is 1. The van der Waals surface area contributed by atoms with Gasteiger partial charge in [-0.1, -0.05) is 6.07 Å². The van der Waals surface area contributed by atoms with Crippen LogP contribution in [0.15, 0.2) is 46.0 Å². The average molecular weight is 385 g/mol. The molecular weight excluding hydrogens is 358 g/mol. The lowest BCUT2D eigenvalue weighted by Crippen LogP contribution is -2.48. The molecule has 2 aliphatic heterocycles. The van der Waals surface area contributed by atoms with Gasteiger partial charge in [-0.3, -0.25) is 0 Å². The van der Waals surface area contributed by atoms with Gasteiger partial charge in [0.15, 0.2) is 17.5 Å². The molecule has 0 saturated carbocycles. The second kappa shape index (κ2) is 8.56. The monoisotopic (exact) mass is 385 g/mol. The molecule has 0 atom stereocenters. The third-order valence-electron chi connectivity index (χ3n) is 5.35. The van der Waals surface area contributed by atoms with Crippen LogP contribution in [0.3, 0.4) is 0 Å². The lowest BCUT2D eigenvalue weighted by molar-refractivity contribution is 0.0513. The zero-order valence-electron chi connectivity index (χ0n) is 16.2. The van der Waals surface area contributed by atoms with E-state index in [-0.39, 0.29) is 12.2 Å². The van der Waals surface area contributed by atoms with Gasteiger partial charge in [-0.15, -0.1) is 0 Å². The smallest absolute Gasteiger partial charge is 0.231 e. The van der Waals surface area contributed by atoms with Gasteiger partial charge in [0.1, 0.15) is 12.3 Å². The van der Waals surface area contributed by atoms with Crippen molar-refractivity contribution in [2.75, 3.05) is 33.1 Å². The molecule has 150 valence electrons. The molecule has 7 heteroatoms. The molecule has 1 aromatic heterocycles. The van der Waals surface area contributed by atoms with Crippen LogP contribution in [-0.4, -0.2) is 39.1 Å². The Morgan fingerprint density at radius 1 is 1.11 bits per heavy atom. The van der Waals surface area contributed by atoms with E-state index in [0.29, 0.717) is 6.54 Å². The molecule has 0 spiro atoms. The van der Waals surface area contributed by atoms with Crippen molar-refractivity contribution in [1.82, 2.24) is 10.6 Å². The Labute approximate surface area is 165 Å². The molecule has 0 radical (unpaired) electrons. The third kappa shape index (κ3) is 4.09. The zero-order valence-corrected chi connectivity index (χ0v) is 16.2. The van der Waals surface area contributed by atoms with Gasteiger partial charge < -0.3 is 29.3 Å². The first kappa shape index (κ1) is 18.7. The quantitative estimate of drug-likeness (QED) is 0.588. The fraction of sp³-hybridized carbons (Fsp3) is 0.476. The van der Waals surface area contributed by atoms with Crippen molar-refractivity contribution < 1.29 is 18.6 Å². The first-order valence-corrected chi connectivity index (χ1v) is 9.81. The van der Waals surface area contributed by atoms with Crippen molar-refractivity contribution in [3.05, 3.63) is 47.9 Å². The van der Waals surface area contributed by atoms with Gasteiger partial charge in [0.05, 0.1) is 6.26 Å². The third-order valence-corrected chi connectivity index (χ3v) is 5.35. The molecule has 1 aromatic carbocycles. The molecule has 2 aromatic rings. The van der Waals surface area contributed by atoms with E-state index in [4.69, 9.17) is 18.6 Å². The van der Waals surface area contributed by atoms with Crippen LogP contribution in [0.4, 0.5) is 0 Å². The van der Waals surface area contributed by atoms with Crippen LogP contribution in [-0.2, 0) is 16.7 Å². The van der Waals surface area contributed by atoms with E-state index in [0.717, 1.165) is 62.4 Å². The SMILES string of the molecule is CCNC(=NCc1ccco1)NCC1(c2ccc3c(c2)OCO3)CCOCC1. The molecule has 3 heterocycles. The van der Waals surface area contributed by atoms with Crippen molar-refractivity contribution >= 4 is 5.96 Å². The van der Waals surface area contributed by atoms with Crippen LogP contribution in [0.5, 0.6) is 11.5 Å². The minimum atomic E-state index is -0.0416. The van der Waals surface area contributed by atoms with Crippen molar-refractivity contribution in [3.8, 4) is 11.5 Å². The Kier molecular flexibility index (Phi) is 5.71. The molecule has 1 saturated heterocycles. The number of rotatable bonds is 6. The van der Waals surface area contributed by atoms with Gasteiger partial charge in [0, 0.05) is 31.7 Å². The number of benzene rings is 1. The molecule has 0 bridgehead atoms. The molecule has 2 aliphatic rings. The van der Waals surface area contributed by atoms with Gasteiger partial charge >= 0.3 is 0 Å². The number of aliphatic imine (C=N–C) groups is 1. The van der Waals surface area contributed by atoms with E-state index < -0.39 is 0 Å². The fourth-order valence-electron chi connectivity index (χ4n) is 3.71. The van der Waals surface area contributed by atoms with E-state index in [9.17, 15) is 0 Å². The molecular formula is C21H27N3O4. The second-order valence-corrected chi connectivity index (χ2v) is 7.09. The van der Waals surface area contributed by atoms with Crippen LogP contribution >= 0.6 is 0 Å². The Hall–Kier alpha value is -2.67. The number of fused-ring (bicyclic) bond motifs is 1. The van der Waals surface area contributed by atoms with E-state index >= 15 is 0 Å². The zero-order chi connectivity index (χ0) is 19.2. The summed E-state index contributed by atoms with van der Waals surface area (Å²) >= 11 is 0. The summed E-state index contributed by atoms with van der Waals surface area (Å²) in [6.07, 6.45) is 3.55. The summed E-state index contributed by atoms with van der Waals surface area (Å²) in [6, 6.07) is 10.1. The Bertz CT molecular complexity index is 798. The highest BCUT2D eigenvalue weighted by molar-refractivity contribution is 5.79. The molecule has 28 heavy (non-hydrogen) atoms. The first-order chi connectivity index (χ1) is 13.8. The van der Waals surface area contributed by atoms with E-state index in [1.807, 2.05) is 18.2 Å². The maximum atomic E-state index is 5.65. The average Bonchev–Trinajstić information content (AvgIpc) is 3.42. The summed E-state index contributed by atoms with van der Waals surface area (Å²) < 4.78 is 22.1. The van der Waals surface area contributed by atoms with Crippen LogP contribution in [0.1, 0.15) is 31.1 Å². The highest BCUT2D eigenvalue weighted by Crippen LogP contribution is 2.40. The topological polar surface area (TPSA) is 77.3 Å². The number of hydrogen-bond donors (Lipinski definition) is 2. The highest BCUT2D eigenvalue weighted by atomic mass is 16.7. The Balaban J connectivity index is 1.51. The number of hydrogen-bond acceptors (Lipinski definition) is 5. The molecule has 0 amide bonds. The Morgan fingerprint density at radius 3 is 2.75 bits per heavy atom. The highest BCUT2D eigenvalue weighted by Gasteiger charge is 2.35. The number of ether oxygens (including phenoxy) is 3. The first-order valence-electron chi connectivity index (χ1n) is 9.81. The maximum Gasteiger partial charge on any atom is 0.231 e. The van der Waals surface area contributed by atoms with Gasteiger partial charge in [-0.25, -0.2) is 4.99 Å². The summed E-state index contributed by atoms with van der Waals surface area (Å²) in [5.74, 6) is 3.26. The van der Waals surface area contributed by atoms with Crippen LogP contribution < -0.4 is 20.1 Å². The van der Waals surface area contributed by atoms with E-state index in [2.05, 4.69) is 34.7 Å². The summed E-state index contributed by atoms with van der Waals surface area (Å²) in [7, 11) is 0. The standard InChI is InChI=1S/C21H27N3O4/c1-2-22-20(23-13-17-4-3-9-26-17)24-14-21(7-10-25-11-8-21)16-5-6-18-19(12-16)28-15-27-18/h3-6,9,12H,2,7-8,10-11,13-15H2,1H3,(H2,22,23,24). The molecule has 7 nitrogen and oxygen atoms in total. The number of nitrogens with one attached hydrogen (secondary N) is 2. The lowest BCUT2D eigenvalue weighted by Gasteiger charge is -2.38. The molecule has 1 fully saturated rings. The molecule has 4 rings (SSSR count). The van der Waals surface area contributed by atoms with Crippen molar-refractivity contribution in [1.29, 1.82) is 0 Å². The number of nitrogens with zero attached hydrogens (tertiary/aromatic N) is 1. The molecule has 0 aliphatic carbocycles. The van der Waals surface area contributed by atoms with Gasteiger partial charge in [-0.05, 0) is 49.6 Å². The van der Waals surface area contributed by atoms with Crippen molar-refractivity contribution in [2.45, 2.75) is 31.7 Å². The van der Waals surface area contributed by atoms with Crippen LogP contribution in [0.25, 0.3) is 0 Å². The summed E-state index contributed by atoms with van der Waals surface area (Å²) in [6.45, 7) is 5.91. The molecule has 0 unspecified atom stereocenters. The summed E-state index contributed by atoms with van der Waals surface area (Å²) in [5, 5.41) is 6.85. The predicted octanol–water partition coefficient (Wildman–Crippen LogP) is 2.81. The van der Waals surface area contributed by atoms with E-state index in [1.165, 1.54) is 5.56 Å². The largest absolute Gasteiger partial charge is 0.467 e. The predicted molar refractivity (Wildman–Crippen MR) is 106 cm³/mol. The molecule has 2 N–H and O–H groups in total. The van der Waals surface area contributed by atoms with Crippen LogP contribution in [0.2, 0.25) is 0 Å². The van der Waals surface area contributed by atoms with E-state index in [1.54, 1.807) is 6.26 Å². The van der Waals surface area contributed by atoms with Gasteiger partial charge in [-0.2, -0.15) is 0 Å². The fourth-order valence-corrected chi connectivity index (χ4v) is 3.71. The minimum Gasteiger partial charge on any atom is -0.467 e. The summed E-state index contributed by atoms with van der Waals surface area (Å²) in [5.41, 5.74) is 1.20. The Morgan fingerprint density at radius 2 is 1.96 bits per heavy atom. The van der Waals surface area contributed by atoms with Crippen molar-refractivity contribution in [2.24, 2.45) is 4.99 Å². The van der Waals surface area contributed by atoms with Crippen molar-refractivity contribution in [3.63, 3.8) is 0 Å². The minimum absolute atomic E-state index is 0.0416. The summed E-state index contributed by atoms with van der Waals surface area (Å²) in [4.78, 5) is 4.65. The normalized spacial score (nSPS) is 18.1. The second-order valence-electron chi connectivity index (χ2n) is 7.09. The van der Waals surface area contributed by atoms with Crippen LogP contribution in [0, 0.1) is 0 Å². The maximum absolute atomic E-state index is 5.65.